The van der Waals surface area contributed by atoms with E-state index in [1.165, 1.54) is 12.1 Å². The lowest BCUT2D eigenvalue weighted by molar-refractivity contribution is 0.0954. The molecule has 2 atom stereocenters. The van der Waals surface area contributed by atoms with Crippen molar-refractivity contribution in [2.24, 2.45) is 5.92 Å². The third kappa shape index (κ3) is 5.80. The maximum atomic E-state index is 13.5. The molecule has 3 aromatic carbocycles. The minimum absolute atomic E-state index is 0.00831. The molecule has 10 heteroatoms. The van der Waals surface area contributed by atoms with Crippen LogP contribution in [-0.2, 0) is 23.0 Å². The summed E-state index contributed by atoms with van der Waals surface area (Å²) < 4.78 is 44.8. The molecule has 2 N–H and O–H groups in total. The largest absolute Gasteiger partial charge is 0.369 e. The molecule has 1 aromatic heterocycles. The maximum Gasteiger partial charge on any atom is 0.261 e. The summed E-state index contributed by atoms with van der Waals surface area (Å²) in [6.45, 7) is 2.25. The minimum atomic E-state index is -4.08. The molecule has 4 aromatic rings. The summed E-state index contributed by atoms with van der Waals surface area (Å²) in [5, 5.41) is 2.92. The fourth-order valence-electron chi connectivity index (χ4n) is 6.01. The number of pyridine rings is 1. The van der Waals surface area contributed by atoms with Gasteiger partial charge in [-0.3, -0.25) is 14.3 Å². The first-order valence-electron chi connectivity index (χ1n) is 14.0. The van der Waals surface area contributed by atoms with Gasteiger partial charge in [-0.05, 0) is 72.9 Å². The number of amides is 1. The van der Waals surface area contributed by atoms with Crippen LogP contribution in [0.4, 0.5) is 15.8 Å². The van der Waals surface area contributed by atoms with Gasteiger partial charge < -0.3 is 14.8 Å². The van der Waals surface area contributed by atoms with Gasteiger partial charge in [-0.1, -0.05) is 36.4 Å². The zero-order chi connectivity index (χ0) is 29.3. The van der Waals surface area contributed by atoms with Crippen LogP contribution in [0.25, 0.3) is 0 Å². The highest BCUT2D eigenvalue weighted by atomic mass is 32.2. The summed E-state index contributed by atoms with van der Waals surface area (Å²) in [4.78, 5) is 27.6. The van der Waals surface area contributed by atoms with Crippen LogP contribution in [-0.4, -0.2) is 38.5 Å². The van der Waals surface area contributed by atoms with Crippen LogP contribution in [0.2, 0.25) is 0 Å². The minimum Gasteiger partial charge on any atom is -0.369 e. The monoisotopic (exact) mass is 586 g/mol. The lowest BCUT2D eigenvalue weighted by atomic mass is 9.83. The van der Waals surface area contributed by atoms with Gasteiger partial charge >= 0.3 is 0 Å². The average Bonchev–Trinajstić information content (AvgIpc) is 2.98. The van der Waals surface area contributed by atoms with Crippen LogP contribution < -0.4 is 20.5 Å². The Labute approximate surface area is 243 Å². The van der Waals surface area contributed by atoms with Crippen molar-refractivity contribution in [2.75, 3.05) is 29.3 Å². The smallest absolute Gasteiger partial charge is 0.261 e. The molecule has 42 heavy (non-hydrogen) atoms. The van der Waals surface area contributed by atoms with E-state index in [0.717, 1.165) is 29.8 Å². The quantitative estimate of drug-likeness (QED) is 0.319. The van der Waals surface area contributed by atoms with Gasteiger partial charge in [0, 0.05) is 49.4 Å². The van der Waals surface area contributed by atoms with Crippen molar-refractivity contribution in [1.82, 2.24) is 9.88 Å². The summed E-state index contributed by atoms with van der Waals surface area (Å²) in [5.74, 6) is -0.542. The van der Waals surface area contributed by atoms with Crippen LogP contribution in [0.5, 0.6) is 0 Å². The normalized spacial score (nSPS) is 17.8. The Balaban J connectivity index is 1.29. The van der Waals surface area contributed by atoms with Crippen molar-refractivity contribution in [3.05, 3.63) is 124 Å². The Hall–Kier alpha value is -4.44. The molecule has 2 aliphatic heterocycles. The van der Waals surface area contributed by atoms with Gasteiger partial charge in [0.1, 0.15) is 5.82 Å². The van der Waals surface area contributed by atoms with Gasteiger partial charge in [-0.25, -0.2) is 12.8 Å². The van der Waals surface area contributed by atoms with Crippen molar-refractivity contribution in [1.29, 1.82) is 0 Å². The summed E-state index contributed by atoms with van der Waals surface area (Å²) >= 11 is 0. The van der Waals surface area contributed by atoms with Gasteiger partial charge in [0.25, 0.3) is 21.5 Å². The van der Waals surface area contributed by atoms with E-state index in [4.69, 9.17) is 0 Å². The number of nitrogens with one attached hydrogen (secondary N) is 2. The Bertz CT molecular complexity index is 1770. The molecule has 2 unspecified atom stereocenters. The third-order valence-electron chi connectivity index (χ3n) is 7.99. The summed E-state index contributed by atoms with van der Waals surface area (Å²) in [6, 6.07) is 24.8. The molecule has 2 aliphatic rings. The first-order valence-corrected chi connectivity index (χ1v) is 15.4. The van der Waals surface area contributed by atoms with Crippen molar-refractivity contribution in [3.63, 3.8) is 0 Å². The zero-order valence-corrected chi connectivity index (χ0v) is 23.7. The topological polar surface area (TPSA) is 101 Å². The molecule has 2 bridgehead atoms. The number of hydrogen-bond acceptors (Lipinski definition) is 5. The zero-order valence-electron chi connectivity index (χ0n) is 22.9. The van der Waals surface area contributed by atoms with Crippen LogP contribution >= 0.6 is 0 Å². The van der Waals surface area contributed by atoms with Crippen LogP contribution in [0, 0.1) is 11.7 Å². The molecule has 1 saturated heterocycles. The second kappa shape index (κ2) is 11.4. The fourth-order valence-corrected chi connectivity index (χ4v) is 7.08. The van der Waals surface area contributed by atoms with E-state index in [2.05, 4.69) is 14.9 Å². The van der Waals surface area contributed by atoms with E-state index in [9.17, 15) is 22.4 Å². The molecule has 3 heterocycles. The van der Waals surface area contributed by atoms with Gasteiger partial charge in [0.05, 0.1) is 16.3 Å². The number of carbonyl (C=O) groups is 1. The SMILES string of the molecule is O=C(NCCc1ccccc1)c1ccc(N2CC3CC(C2)c2cccc(=O)n2C3)c(NS(=O)(=O)c2ccc(F)cc2)c1. The number of nitrogens with zero attached hydrogens (tertiary/aromatic N) is 2. The molecule has 1 fully saturated rings. The van der Waals surface area contributed by atoms with Crippen LogP contribution in [0.1, 0.15) is 34.0 Å². The number of sulfonamides is 1. The van der Waals surface area contributed by atoms with Crippen molar-refractivity contribution >= 4 is 27.3 Å². The van der Waals surface area contributed by atoms with E-state index in [-0.39, 0.29) is 33.9 Å². The van der Waals surface area contributed by atoms with Gasteiger partial charge in [-0.2, -0.15) is 0 Å². The van der Waals surface area contributed by atoms with Gasteiger partial charge in [0.15, 0.2) is 0 Å². The molecule has 216 valence electrons. The highest BCUT2D eigenvalue weighted by Gasteiger charge is 2.35. The van der Waals surface area contributed by atoms with Gasteiger partial charge in [0.2, 0.25) is 0 Å². The number of hydrogen-bond donors (Lipinski definition) is 2. The second-order valence-electron chi connectivity index (χ2n) is 10.9. The number of fused-ring (bicyclic) bond motifs is 4. The number of piperidine rings is 1. The van der Waals surface area contributed by atoms with Gasteiger partial charge in [-0.15, -0.1) is 0 Å². The molecule has 6 rings (SSSR count). The van der Waals surface area contributed by atoms with Crippen molar-refractivity contribution in [3.8, 4) is 0 Å². The Kier molecular flexibility index (Phi) is 7.55. The standard InChI is InChI=1S/C32H31FN4O4S/c33-26-10-12-27(13-11-26)42(40,41)35-28-18-24(32(39)34-16-15-22-5-2-1-3-6-22)9-14-30(28)36-19-23-17-25(21-36)29-7-4-8-31(38)37(29)20-23/h1-14,18,23,25,35H,15-17,19-21H2,(H,34,39). The molecule has 0 saturated carbocycles. The Morgan fingerprint density at radius 1 is 0.905 bits per heavy atom. The second-order valence-corrected chi connectivity index (χ2v) is 12.6. The number of halogens is 1. The Morgan fingerprint density at radius 3 is 2.48 bits per heavy atom. The van der Waals surface area contributed by atoms with E-state index in [1.807, 2.05) is 41.0 Å². The lowest BCUT2D eigenvalue weighted by Gasteiger charge is -2.44. The number of benzene rings is 3. The molecule has 0 spiro atoms. The van der Waals surface area contributed by atoms with E-state index < -0.39 is 15.8 Å². The molecular weight excluding hydrogens is 555 g/mol. The average molecular weight is 587 g/mol. The summed E-state index contributed by atoms with van der Waals surface area (Å²) in [7, 11) is -4.08. The summed E-state index contributed by atoms with van der Waals surface area (Å²) in [5.41, 5.74) is 3.29. The molecular formula is C32H31FN4O4S. The van der Waals surface area contributed by atoms with E-state index in [1.54, 1.807) is 30.3 Å². The first-order chi connectivity index (χ1) is 20.3. The number of aromatic nitrogens is 1. The van der Waals surface area contributed by atoms with E-state index >= 15 is 0 Å². The predicted molar refractivity (Wildman–Crippen MR) is 160 cm³/mol. The van der Waals surface area contributed by atoms with E-state index in [0.29, 0.717) is 43.9 Å². The number of anilines is 2. The molecule has 0 radical (unpaired) electrons. The first kappa shape index (κ1) is 27.7. The molecule has 8 nitrogen and oxygen atoms in total. The Morgan fingerprint density at radius 2 is 1.69 bits per heavy atom. The maximum absolute atomic E-state index is 13.5. The van der Waals surface area contributed by atoms with Crippen LogP contribution in [0.3, 0.4) is 0 Å². The number of carbonyl (C=O) groups excluding carboxylic acids is 1. The lowest BCUT2D eigenvalue weighted by Crippen LogP contribution is -2.47. The molecule has 1 amide bonds. The summed E-state index contributed by atoms with van der Waals surface area (Å²) in [6.07, 6.45) is 1.61. The predicted octanol–water partition coefficient (Wildman–Crippen LogP) is 4.38. The van der Waals surface area contributed by atoms with Crippen LogP contribution in [0.15, 0.2) is 101 Å². The van der Waals surface area contributed by atoms with Crippen molar-refractivity contribution in [2.45, 2.75) is 30.2 Å². The highest BCUT2D eigenvalue weighted by Crippen LogP contribution is 2.39. The highest BCUT2D eigenvalue weighted by molar-refractivity contribution is 7.92. The number of rotatable bonds is 8. The van der Waals surface area contributed by atoms with Crippen molar-refractivity contribution < 1.29 is 17.6 Å². The molecule has 0 aliphatic carbocycles. The third-order valence-corrected chi connectivity index (χ3v) is 9.37. The fraction of sp³-hybridized carbons (Fsp3) is 0.250.